The van der Waals surface area contributed by atoms with Gasteiger partial charge in [-0.2, -0.15) is 0 Å². The fourth-order valence-corrected chi connectivity index (χ4v) is 4.10. The van der Waals surface area contributed by atoms with Crippen molar-refractivity contribution in [1.82, 2.24) is 15.0 Å². The minimum Gasteiger partial charge on any atom is -0.456 e. The van der Waals surface area contributed by atoms with E-state index in [-0.39, 0.29) is 0 Å². The standard InChI is InChI=1S/C27H18BrN3O/c1-2-10-22-21(17-28)24-20(15-9-16-23(24)32-22)27-30-25(18-11-5-3-6-12-18)29-26(31-27)19-13-7-4-8-14-19/h2-17H,1H2/b21-17+,22-10+. The molecular formula is C27H18BrN3O. The average Bonchev–Trinajstić information content (AvgIpc) is 3.22. The molecule has 154 valence electrons. The van der Waals surface area contributed by atoms with Crippen LogP contribution in [0, 0.1) is 0 Å². The molecule has 5 aromatic rings. The fraction of sp³-hybridized carbons (Fsp3) is 0. The van der Waals surface area contributed by atoms with E-state index in [1.165, 1.54) is 0 Å². The lowest BCUT2D eigenvalue weighted by Gasteiger charge is -2.09. The summed E-state index contributed by atoms with van der Waals surface area (Å²) in [6.07, 6.45) is 3.55. The molecule has 0 radical (unpaired) electrons. The molecular weight excluding hydrogens is 462 g/mol. The Labute approximate surface area is 193 Å². The summed E-state index contributed by atoms with van der Waals surface area (Å²) in [4.78, 5) is 16.3. The van der Waals surface area contributed by atoms with Crippen molar-refractivity contribution < 1.29 is 4.42 Å². The predicted molar refractivity (Wildman–Crippen MR) is 133 cm³/mol. The van der Waals surface area contributed by atoms with Gasteiger partial charge in [0, 0.05) is 27.3 Å². The number of hydrogen-bond donors (Lipinski definition) is 0. The third kappa shape index (κ3) is 3.67. The molecule has 4 nitrogen and oxygen atoms in total. The number of aromatic nitrogens is 3. The van der Waals surface area contributed by atoms with Crippen LogP contribution in [0.15, 0.2) is 95.9 Å². The molecule has 2 aromatic heterocycles. The topological polar surface area (TPSA) is 51.8 Å². The second-order valence-corrected chi connectivity index (χ2v) is 7.57. The van der Waals surface area contributed by atoms with E-state index in [0.717, 1.165) is 38.3 Å². The monoisotopic (exact) mass is 479 g/mol. The van der Waals surface area contributed by atoms with E-state index in [1.807, 2.05) is 89.9 Å². The number of halogens is 1. The van der Waals surface area contributed by atoms with E-state index < -0.39 is 0 Å². The molecule has 2 heterocycles. The van der Waals surface area contributed by atoms with Crippen LogP contribution >= 0.6 is 15.9 Å². The van der Waals surface area contributed by atoms with Crippen LogP contribution in [-0.4, -0.2) is 15.0 Å². The smallest absolute Gasteiger partial charge is 0.164 e. The normalized spacial score (nSPS) is 12.4. The minimum absolute atomic E-state index is 0.588. The number of hydrogen-bond acceptors (Lipinski definition) is 4. The van der Waals surface area contributed by atoms with Gasteiger partial charge in [-0.15, -0.1) is 0 Å². The van der Waals surface area contributed by atoms with Crippen LogP contribution in [0.1, 0.15) is 0 Å². The number of benzene rings is 3. The molecule has 0 saturated carbocycles. The molecule has 0 aliphatic rings. The first-order chi connectivity index (χ1) is 15.8. The van der Waals surface area contributed by atoms with E-state index >= 15 is 0 Å². The second-order valence-electron chi connectivity index (χ2n) is 7.11. The number of fused-ring (bicyclic) bond motifs is 1. The number of nitrogens with zero attached hydrogens (tertiary/aromatic N) is 3. The van der Waals surface area contributed by atoms with Gasteiger partial charge < -0.3 is 4.42 Å². The highest BCUT2D eigenvalue weighted by Gasteiger charge is 2.16. The van der Waals surface area contributed by atoms with Gasteiger partial charge in [-0.3, -0.25) is 0 Å². The van der Waals surface area contributed by atoms with Crippen molar-refractivity contribution in [2.75, 3.05) is 0 Å². The lowest BCUT2D eigenvalue weighted by Crippen LogP contribution is -2.19. The molecule has 0 unspecified atom stereocenters. The van der Waals surface area contributed by atoms with E-state index in [0.29, 0.717) is 17.5 Å². The number of rotatable bonds is 4. The molecule has 0 aliphatic heterocycles. The Hall–Kier alpha value is -3.83. The van der Waals surface area contributed by atoms with Crippen LogP contribution in [-0.2, 0) is 0 Å². The summed E-state index contributed by atoms with van der Waals surface area (Å²) in [5.74, 6) is 1.83. The van der Waals surface area contributed by atoms with E-state index in [9.17, 15) is 0 Å². The van der Waals surface area contributed by atoms with Crippen molar-refractivity contribution in [3.8, 4) is 34.2 Å². The molecule has 0 aliphatic carbocycles. The van der Waals surface area contributed by atoms with Crippen LogP contribution in [0.4, 0.5) is 0 Å². The molecule has 0 bridgehead atoms. The first kappa shape index (κ1) is 20.1. The summed E-state index contributed by atoms with van der Waals surface area (Å²) in [5.41, 5.74) is 4.21. The highest BCUT2D eigenvalue weighted by Crippen LogP contribution is 2.28. The van der Waals surface area contributed by atoms with Gasteiger partial charge in [0.25, 0.3) is 0 Å². The Morgan fingerprint density at radius 3 is 1.88 bits per heavy atom. The predicted octanol–water partition coefficient (Wildman–Crippen LogP) is 5.72. The maximum atomic E-state index is 6.06. The van der Waals surface area contributed by atoms with E-state index in [2.05, 4.69) is 22.5 Å². The zero-order chi connectivity index (χ0) is 21.9. The van der Waals surface area contributed by atoms with E-state index in [4.69, 9.17) is 19.4 Å². The Balaban J connectivity index is 1.84. The largest absolute Gasteiger partial charge is 0.456 e. The third-order valence-corrected chi connectivity index (χ3v) is 5.56. The van der Waals surface area contributed by atoms with Gasteiger partial charge in [0.15, 0.2) is 17.5 Å². The highest BCUT2D eigenvalue weighted by molar-refractivity contribution is 9.14. The van der Waals surface area contributed by atoms with Crippen molar-refractivity contribution in [3.63, 3.8) is 0 Å². The van der Waals surface area contributed by atoms with Gasteiger partial charge >= 0.3 is 0 Å². The Bertz CT molecular complexity index is 1480. The first-order valence-corrected chi connectivity index (χ1v) is 11.0. The van der Waals surface area contributed by atoms with Crippen molar-refractivity contribution in [1.29, 1.82) is 0 Å². The number of allylic oxidation sites excluding steroid dienone is 1. The summed E-state index contributed by atoms with van der Waals surface area (Å²) in [6.45, 7) is 3.79. The van der Waals surface area contributed by atoms with E-state index in [1.54, 1.807) is 6.08 Å². The molecule has 32 heavy (non-hydrogen) atoms. The Morgan fingerprint density at radius 1 is 0.719 bits per heavy atom. The summed E-state index contributed by atoms with van der Waals surface area (Å²) in [5, 5.41) is 1.85. The van der Waals surface area contributed by atoms with Gasteiger partial charge in [0.1, 0.15) is 11.0 Å². The summed E-state index contributed by atoms with van der Waals surface area (Å²) < 4.78 is 6.06. The van der Waals surface area contributed by atoms with Crippen molar-refractivity contribution in [2.24, 2.45) is 0 Å². The van der Waals surface area contributed by atoms with Crippen molar-refractivity contribution >= 4 is 38.0 Å². The van der Waals surface area contributed by atoms with Gasteiger partial charge in [-0.1, -0.05) is 101 Å². The van der Waals surface area contributed by atoms with Crippen LogP contribution in [0.2, 0.25) is 0 Å². The van der Waals surface area contributed by atoms with Gasteiger partial charge in [0.05, 0.1) is 0 Å². The molecule has 3 aromatic carbocycles. The molecule has 0 fully saturated rings. The zero-order valence-electron chi connectivity index (χ0n) is 17.1. The second kappa shape index (κ2) is 8.73. The Kier molecular flexibility index (Phi) is 5.48. The maximum absolute atomic E-state index is 6.06. The lowest BCUT2D eigenvalue weighted by atomic mass is 10.1. The highest BCUT2D eigenvalue weighted by atomic mass is 79.9. The summed E-state index contributed by atoms with van der Waals surface area (Å²) in [6, 6.07) is 25.8. The van der Waals surface area contributed by atoms with Crippen LogP contribution in [0.3, 0.4) is 0 Å². The lowest BCUT2D eigenvalue weighted by molar-refractivity contribution is 0.576. The quantitative estimate of drug-likeness (QED) is 0.330. The van der Waals surface area contributed by atoms with Crippen LogP contribution < -0.4 is 10.6 Å². The third-order valence-electron chi connectivity index (χ3n) is 5.10. The zero-order valence-corrected chi connectivity index (χ0v) is 18.7. The molecule has 5 rings (SSSR count). The summed E-state index contributed by atoms with van der Waals surface area (Å²) >= 11 is 3.50. The Morgan fingerprint density at radius 2 is 1.31 bits per heavy atom. The maximum Gasteiger partial charge on any atom is 0.164 e. The molecule has 0 atom stereocenters. The summed E-state index contributed by atoms with van der Waals surface area (Å²) in [7, 11) is 0. The van der Waals surface area contributed by atoms with Gasteiger partial charge in [0.2, 0.25) is 0 Å². The minimum atomic E-state index is 0.588. The average molecular weight is 480 g/mol. The van der Waals surface area contributed by atoms with Crippen LogP contribution in [0.25, 0.3) is 56.2 Å². The molecule has 0 saturated heterocycles. The molecule has 0 amide bonds. The molecule has 0 spiro atoms. The first-order valence-electron chi connectivity index (χ1n) is 10.1. The molecule has 0 N–H and O–H groups in total. The van der Waals surface area contributed by atoms with Gasteiger partial charge in [-0.05, 0) is 17.1 Å². The van der Waals surface area contributed by atoms with Crippen LogP contribution in [0.5, 0.6) is 0 Å². The molecule has 5 heteroatoms. The fourth-order valence-electron chi connectivity index (χ4n) is 3.65. The van der Waals surface area contributed by atoms with Gasteiger partial charge in [-0.25, -0.2) is 15.0 Å². The van der Waals surface area contributed by atoms with Crippen molar-refractivity contribution in [3.05, 3.63) is 102 Å². The SMILES string of the molecule is C=C/C=c1/oc2cccc(-c3nc(-c4ccccc4)nc(-c4ccccc4)n3)c2/c1=C/Br. The number of furan rings is 1. The van der Waals surface area contributed by atoms with Crippen molar-refractivity contribution in [2.45, 2.75) is 0 Å².